The molecule has 3 rings (SSSR count). The highest BCUT2D eigenvalue weighted by atomic mass is 32.2. The molecule has 1 aromatic carbocycles. The number of hydrogen-bond acceptors (Lipinski definition) is 4. The quantitative estimate of drug-likeness (QED) is 0.880. The standard InChI is InChI=1S/C16H20N4OS/c1-12-9-19(10-13-7-8-17-18-13)11-16(21)20(12)14-5-3-4-6-15(14)22-2/h3-8,12H,9-11H2,1-2H3,(H,17,18)/t12-/m0/s1. The van der Waals surface area contributed by atoms with Gasteiger partial charge in [0.05, 0.1) is 12.2 Å². The molecule has 0 radical (unpaired) electrons. The van der Waals surface area contributed by atoms with Gasteiger partial charge in [0.15, 0.2) is 0 Å². The lowest BCUT2D eigenvalue weighted by Gasteiger charge is -2.40. The summed E-state index contributed by atoms with van der Waals surface area (Å²) in [6, 6.07) is 10.2. The van der Waals surface area contributed by atoms with Crippen LogP contribution in [0.4, 0.5) is 5.69 Å². The molecule has 1 aliphatic rings. The van der Waals surface area contributed by atoms with Crippen LogP contribution in [0.25, 0.3) is 0 Å². The topological polar surface area (TPSA) is 52.2 Å². The summed E-state index contributed by atoms with van der Waals surface area (Å²) < 4.78 is 0. The molecule has 1 saturated heterocycles. The number of carbonyl (C=O) groups excluding carboxylic acids is 1. The highest BCUT2D eigenvalue weighted by Crippen LogP contribution is 2.31. The van der Waals surface area contributed by atoms with E-state index < -0.39 is 0 Å². The predicted octanol–water partition coefficient (Wildman–Crippen LogP) is 2.37. The fourth-order valence-electron chi connectivity index (χ4n) is 2.97. The van der Waals surface area contributed by atoms with Gasteiger partial charge in [-0.05, 0) is 31.4 Å². The van der Waals surface area contributed by atoms with Gasteiger partial charge in [-0.3, -0.25) is 14.8 Å². The Labute approximate surface area is 134 Å². The second kappa shape index (κ2) is 6.54. The summed E-state index contributed by atoms with van der Waals surface area (Å²) in [5.41, 5.74) is 2.06. The Hall–Kier alpha value is -1.79. The van der Waals surface area contributed by atoms with Crippen molar-refractivity contribution < 1.29 is 4.79 Å². The van der Waals surface area contributed by atoms with Crippen LogP contribution in [0.5, 0.6) is 0 Å². The highest BCUT2D eigenvalue weighted by Gasteiger charge is 2.31. The van der Waals surface area contributed by atoms with E-state index in [1.54, 1.807) is 18.0 Å². The number of aromatic amines is 1. The minimum Gasteiger partial charge on any atom is -0.306 e. The molecule has 116 valence electrons. The lowest BCUT2D eigenvalue weighted by atomic mass is 10.1. The number of hydrogen-bond donors (Lipinski definition) is 1. The van der Waals surface area contributed by atoms with E-state index in [4.69, 9.17) is 0 Å². The number of H-pyrrole nitrogens is 1. The van der Waals surface area contributed by atoms with Crippen molar-refractivity contribution in [3.8, 4) is 0 Å². The summed E-state index contributed by atoms with van der Waals surface area (Å²) in [6.07, 6.45) is 3.79. The van der Waals surface area contributed by atoms with Gasteiger partial charge >= 0.3 is 0 Å². The van der Waals surface area contributed by atoms with E-state index in [1.807, 2.05) is 35.4 Å². The number of thioether (sulfide) groups is 1. The van der Waals surface area contributed by atoms with Crippen molar-refractivity contribution in [1.29, 1.82) is 0 Å². The zero-order valence-corrected chi connectivity index (χ0v) is 13.6. The van der Waals surface area contributed by atoms with Crippen molar-refractivity contribution in [3.05, 3.63) is 42.2 Å². The Balaban J connectivity index is 1.77. The number of anilines is 1. The van der Waals surface area contributed by atoms with Gasteiger partial charge < -0.3 is 4.90 Å². The molecule has 0 aliphatic carbocycles. The maximum absolute atomic E-state index is 12.7. The first-order valence-electron chi connectivity index (χ1n) is 7.34. The average Bonchev–Trinajstić information content (AvgIpc) is 3.00. The molecule has 0 saturated carbocycles. The number of nitrogens with zero attached hydrogens (tertiary/aromatic N) is 3. The molecular weight excluding hydrogens is 296 g/mol. The van der Waals surface area contributed by atoms with E-state index in [2.05, 4.69) is 28.1 Å². The average molecular weight is 316 g/mol. The number of aromatic nitrogens is 2. The Morgan fingerprint density at radius 3 is 2.86 bits per heavy atom. The Morgan fingerprint density at radius 2 is 2.18 bits per heavy atom. The number of piperazine rings is 1. The van der Waals surface area contributed by atoms with Crippen molar-refractivity contribution in [2.24, 2.45) is 0 Å². The predicted molar refractivity (Wildman–Crippen MR) is 89.0 cm³/mol. The van der Waals surface area contributed by atoms with Crippen LogP contribution in [0.2, 0.25) is 0 Å². The fourth-order valence-corrected chi connectivity index (χ4v) is 3.56. The summed E-state index contributed by atoms with van der Waals surface area (Å²) in [7, 11) is 0. The summed E-state index contributed by atoms with van der Waals surface area (Å²) >= 11 is 1.68. The molecule has 1 aromatic heterocycles. The lowest BCUT2D eigenvalue weighted by Crippen LogP contribution is -2.55. The van der Waals surface area contributed by atoms with Crippen molar-refractivity contribution in [2.45, 2.75) is 24.4 Å². The number of para-hydroxylation sites is 1. The SMILES string of the molecule is CSc1ccccc1N1C(=O)CN(Cc2ccn[nH]2)C[C@@H]1C. The molecule has 2 heterocycles. The maximum atomic E-state index is 12.7. The largest absolute Gasteiger partial charge is 0.306 e. The molecule has 0 unspecified atom stereocenters. The molecule has 1 fully saturated rings. The van der Waals surface area contributed by atoms with Crippen LogP contribution in [0.15, 0.2) is 41.4 Å². The van der Waals surface area contributed by atoms with Crippen LogP contribution in [-0.4, -0.2) is 46.4 Å². The number of benzene rings is 1. The minimum absolute atomic E-state index is 0.150. The van der Waals surface area contributed by atoms with Gasteiger partial charge in [-0.2, -0.15) is 5.10 Å². The van der Waals surface area contributed by atoms with Crippen LogP contribution >= 0.6 is 11.8 Å². The van der Waals surface area contributed by atoms with Gasteiger partial charge in [-0.1, -0.05) is 12.1 Å². The zero-order chi connectivity index (χ0) is 15.5. The fraction of sp³-hybridized carbons (Fsp3) is 0.375. The normalized spacial score (nSPS) is 19.6. The van der Waals surface area contributed by atoms with E-state index in [-0.39, 0.29) is 11.9 Å². The summed E-state index contributed by atoms with van der Waals surface area (Å²) in [6.45, 7) is 4.13. The van der Waals surface area contributed by atoms with Crippen molar-refractivity contribution in [2.75, 3.05) is 24.2 Å². The second-order valence-corrected chi connectivity index (χ2v) is 6.38. The molecule has 22 heavy (non-hydrogen) atoms. The van der Waals surface area contributed by atoms with E-state index in [9.17, 15) is 4.79 Å². The first kappa shape index (κ1) is 15.1. The van der Waals surface area contributed by atoms with Gasteiger partial charge in [0.2, 0.25) is 5.91 Å². The number of carbonyl (C=O) groups is 1. The molecule has 0 spiro atoms. The third-order valence-electron chi connectivity index (χ3n) is 3.89. The van der Waals surface area contributed by atoms with Gasteiger partial charge in [0, 0.05) is 35.9 Å². The Bertz CT molecular complexity index is 643. The molecule has 1 atom stereocenters. The van der Waals surface area contributed by atoms with Crippen LogP contribution < -0.4 is 4.90 Å². The van der Waals surface area contributed by atoms with E-state index >= 15 is 0 Å². The highest BCUT2D eigenvalue weighted by molar-refractivity contribution is 7.98. The molecular formula is C16H20N4OS. The first-order valence-corrected chi connectivity index (χ1v) is 8.57. The smallest absolute Gasteiger partial charge is 0.241 e. The summed E-state index contributed by atoms with van der Waals surface area (Å²) in [4.78, 5) is 17.9. The van der Waals surface area contributed by atoms with E-state index in [0.29, 0.717) is 6.54 Å². The van der Waals surface area contributed by atoms with E-state index in [0.717, 1.165) is 29.4 Å². The molecule has 0 bridgehead atoms. The van der Waals surface area contributed by atoms with Crippen LogP contribution in [0, 0.1) is 0 Å². The number of amides is 1. The summed E-state index contributed by atoms with van der Waals surface area (Å²) in [5.74, 6) is 0.153. The second-order valence-electron chi connectivity index (χ2n) is 5.54. The molecule has 5 nitrogen and oxygen atoms in total. The first-order chi connectivity index (χ1) is 10.7. The third kappa shape index (κ3) is 3.03. The van der Waals surface area contributed by atoms with Crippen molar-refractivity contribution in [1.82, 2.24) is 15.1 Å². The van der Waals surface area contributed by atoms with Gasteiger partial charge in [0.1, 0.15) is 0 Å². The molecule has 1 N–H and O–H groups in total. The monoisotopic (exact) mass is 316 g/mol. The minimum atomic E-state index is 0.150. The molecule has 1 aliphatic heterocycles. The molecule has 6 heteroatoms. The molecule has 2 aromatic rings. The maximum Gasteiger partial charge on any atom is 0.241 e. The molecule has 1 amide bonds. The number of rotatable bonds is 4. The Morgan fingerprint density at radius 1 is 1.36 bits per heavy atom. The van der Waals surface area contributed by atoms with Crippen LogP contribution in [0.3, 0.4) is 0 Å². The summed E-state index contributed by atoms with van der Waals surface area (Å²) in [5, 5.41) is 6.92. The van der Waals surface area contributed by atoms with Crippen molar-refractivity contribution >= 4 is 23.4 Å². The van der Waals surface area contributed by atoms with E-state index in [1.165, 1.54) is 0 Å². The lowest BCUT2D eigenvalue weighted by molar-refractivity contribution is -0.122. The Kier molecular flexibility index (Phi) is 4.49. The third-order valence-corrected chi connectivity index (χ3v) is 4.67. The van der Waals surface area contributed by atoms with Crippen LogP contribution in [0.1, 0.15) is 12.6 Å². The van der Waals surface area contributed by atoms with Crippen molar-refractivity contribution in [3.63, 3.8) is 0 Å². The van der Waals surface area contributed by atoms with Gasteiger partial charge in [0.25, 0.3) is 0 Å². The van der Waals surface area contributed by atoms with Gasteiger partial charge in [-0.15, -0.1) is 11.8 Å². The zero-order valence-electron chi connectivity index (χ0n) is 12.8. The van der Waals surface area contributed by atoms with Crippen LogP contribution in [-0.2, 0) is 11.3 Å². The number of nitrogens with one attached hydrogen (secondary N) is 1. The van der Waals surface area contributed by atoms with Gasteiger partial charge in [-0.25, -0.2) is 0 Å².